The summed E-state index contributed by atoms with van der Waals surface area (Å²) in [7, 11) is 0. The van der Waals surface area contributed by atoms with Crippen LogP contribution in [0.5, 0.6) is 0 Å². The third kappa shape index (κ3) is 2.96. The van der Waals surface area contributed by atoms with Gasteiger partial charge in [-0.3, -0.25) is 4.79 Å². The fourth-order valence-electron chi connectivity index (χ4n) is 3.42. The standard InChI is InChI=1S/C14H24ClNO/c1-11-5-4-6-12(11)13(17)16-10-14(9-15)7-2-3-8-14/h11-12H,2-10H2,1H3,(H,16,17). The smallest absolute Gasteiger partial charge is 0.223 e. The van der Waals surface area contributed by atoms with Crippen molar-refractivity contribution >= 4 is 17.5 Å². The molecule has 2 saturated carbocycles. The third-order valence-corrected chi connectivity index (χ3v) is 5.35. The number of hydrogen-bond donors (Lipinski definition) is 1. The van der Waals surface area contributed by atoms with Crippen LogP contribution in [0.25, 0.3) is 0 Å². The summed E-state index contributed by atoms with van der Waals surface area (Å²) in [6, 6.07) is 0. The molecular formula is C14H24ClNO. The van der Waals surface area contributed by atoms with Gasteiger partial charge in [0.15, 0.2) is 0 Å². The molecule has 0 aliphatic heterocycles. The van der Waals surface area contributed by atoms with Gasteiger partial charge in [-0.05, 0) is 31.6 Å². The normalized spacial score (nSPS) is 31.6. The van der Waals surface area contributed by atoms with Crippen molar-refractivity contribution in [1.82, 2.24) is 5.32 Å². The first kappa shape index (κ1) is 13.2. The second kappa shape index (κ2) is 5.60. The van der Waals surface area contributed by atoms with E-state index >= 15 is 0 Å². The molecule has 3 heteroatoms. The Morgan fingerprint density at radius 3 is 2.53 bits per heavy atom. The molecule has 17 heavy (non-hydrogen) atoms. The van der Waals surface area contributed by atoms with Crippen LogP contribution in [0, 0.1) is 17.3 Å². The van der Waals surface area contributed by atoms with E-state index in [1.54, 1.807) is 0 Å². The number of carbonyl (C=O) groups is 1. The van der Waals surface area contributed by atoms with Crippen LogP contribution in [-0.2, 0) is 4.79 Å². The topological polar surface area (TPSA) is 29.1 Å². The van der Waals surface area contributed by atoms with Crippen molar-refractivity contribution in [3.8, 4) is 0 Å². The zero-order valence-electron chi connectivity index (χ0n) is 10.8. The second-order valence-electron chi connectivity index (χ2n) is 6.07. The summed E-state index contributed by atoms with van der Waals surface area (Å²) in [5, 5.41) is 3.17. The molecule has 0 heterocycles. The van der Waals surface area contributed by atoms with Gasteiger partial charge in [0.2, 0.25) is 5.91 Å². The van der Waals surface area contributed by atoms with Crippen LogP contribution in [0.15, 0.2) is 0 Å². The van der Waals surface area contributed by atoms with Gasteiger partial charge in [-0.25, -0.2) is 0 Å². The number of hydrogen-bond acceptors (Lipinski definition) is 1. The zero-order chi connectivity index (χ0) is 12.3. The van der Waals surface area contributed by atoms with E-state index in [2.05, 4.69) is 12.2 Å². The number of halogens is 1. The summed E-state index contributed by atoms with van der Waals surface area (Å²) >= 11 is 6.09. The van der Waals surface area contributed by atoms with Gasteiger partial charge in [0, 0.05) is 23.8 Å². The fourth-order valence-corrected chi connectivity index (χ4v) is 3.79. The van der Waals surface area contributed by atoms with Crippen LogP contribution in [0.3, 0.4) is 0 Å². The van der Waals surface area contributed by atoms with E-state index in [1.807, 2.05) is 0 Å². The van der Waals surface area contributed by atoms with E-state index in [1.165, 1.54) is 38.5 Å². The quantitative estimate of drug-likeness (QED) is 0.769. The Bertz CT molecular complexity index is 273. The monoisotopic (exact) mass is 257 g/mol. The number of nitrogens with one attached hydrogen (secondary N) is 1. The molecule has 0 radical (unpaired) electrons. The predicted molar refractivity (Wildman–Crippen MR) is 71.1 cm³/mol. The lowest BCUT2D eigenvalue weighted by atomic mass is 9.88. The molecule has 2 aliphatic rings. The van der Waals surface area contributed by atoms with Crippen molar-refractivity contribution in [2.75, 3.05) is 12.4 Å². The average Bonchev–Trinajstić information content (AvgIpc) is 2.95. The minimum absolute atomic E-state index is 0.194. The Hall–Kier alpha value is -0.240. The van der Waals surface area contributed by atoms with Crippen LogP contribution < -0.4 is 5.32 Å². The second-order valence-corrected chi connectivity index (χ2v) is 6.34. The highest BCUT2D eigenvalue weighted by atomic mass is 35.5. The van der Waals surface area contributed by atoms with Crippen LogP contribution >= 0.6 is 11.6 Å². The zero-order valence-corrected chi connectivity index (χ0v) is 11.6. The summed E-state index contributed by atoms with van der Waals surface area (Å²) in [5.41, 5.74) is 0.194. The summed E-state index contributed by atoms with van der Waals surface area (Å²) in [4.78, 5) is 12.1. The van der Waals surface area contributed by atoms with Gasteiger partial charge in [0.05, 0.1) is 0 Å². The van der Waals surface area contributed by atoms with Crippen molar-refractivity contribution in [2.45, 2.75) is 51.9 Å². The number of alkyl halides is 1. The molecule has 2 rings (SSSR count). The maximum absolute atomic E-state index is 12.1. The van der Waals surface area contributed by atoms with Crippen LogP contribution in [0.1, 0.15) is 51.9 Å². The first-order valence-corrected chi connectivity index (χ1v) is 7.54. The van der Waals surface area contributed by atoms with Gasteiger partial charge in [-0.1, -0.05) is 26.2 Å². The fraction of sp³-hybridized carbons (Fsp3) is 0.929. The molecule has 1 amide bonds. The first-order valence-electron chi connectivity index (χ1n) is 7.01. The summed E-state index contributed by atoms with van der Waals surface area (Å²) in [5.74, 6) is 1.77. The lowest BCUT2D eigenvalue weighted by Crippen LogP contribution is -2.40. The lowest BCUT2D eigenvalue weighted by Gasteiger charge is -2.27. The minimum Gasteiger partial charge on any atom is -0.355 e. The molecule has 0 spiro atoms. The molecule has 0 bridgehead atoms. The van der Waals surface area contributed by atoms with E-state index in [-0.39, 0.29) is 17.2 Å². The minimum atomic E-state index is 0.194. The Balaban J connectivity index is 1.82. The number of carbonyl (C=O) groups excluding carboxylic acids is 1. The first-order chi connectivity index (χ1) is 8.17. The van der Waals surface area contributed by atoms with Gasteiger partial charge in [-0.15, -0.1) is 11.6 Å². The van der Waals surface area contributed by atoms with Crippen LogP contribution in [0.4, 0.5) is 0 Å². The van der Waals surface area contributed by atoms with E-state index in [0.29, 0.717) is 11.8 Å². The van der Waals surface area contributed by atoms with Gasteiger partial charge in [-0.2, -0.15) is 0 Å². The summed E-state index contributed by atoms with van der Waals surface area (Å²) in [6.07, 6.45) is 8.37. The molecule has 2 fully saturated rings. The highest BCUT2D eigenvalue weighted by Crippen LogP contribution is 2.39. The van der Waals surface area contributed by atoms with Crippen molar-refractivity contribution in [1.29, 1.82) is 0 Å². The van der Waals surface area contributed by atoms with Gasteiger partial charge in [0.1, 0.15) is 0 Å². The molecule has 0 saturated heterocycles. The van der Waals surface area contributed by atoms with Gasteiger partial charge >= 0.3 is 0 Å². The van der Waals surface area contributed by atoms with Crippen molar-refractivity contribution in [2.24, 2.45) is 17.3 Å². The third-order valence-electron chi connectivity index (χ3n) is 4.78. The molecule has 0 aromatic rings. The Morgan fingerprint density at radius 1 is 1.29 bits per heavy atom. The van der Waals surface area contributed by atoms with Gasteiger partial charge < -0.3 is 5.32 Å². The van der Waals surface area contributed by atoms with E-state index in [4.69, 9.17) is 11.6 Å². The Labute approximate surface area is 109 Å². The maximum atomic E-state index is 12.1. The largest absolute Gasteiger partial charge is 0.355 e. The molecule has 98 valence electrons. The van der Waals surface area contributed by atoms with Gasteiger partial charge in [0.25, 0.3) is 0 Å². The Kier molecular flexibility index (Phi) is 4.35. The summed E-state index contributed by atoms with van der Waals surface area (Å²) in [6.45, 7) is 2.99. The molecule has 0 aromatic carbocycles. The van der Waals surface area contributed by atoms with Crippen molar-refractivity contribution < 1.29 is 4.79 Å². The summed E-state index contributed by atoms with van der Waals surface area (Å²) < 4.78 is 0. The molecule has 1 N–H and O–H groups in total. The SMILES string of the molecule is CC1CCCC1C(=O)NCC1(CCl)CCCC1. The molecule has 2 nitrogen and oxygen atoms in total. The maximum Gasteiger partial charge on any atom is 0.223 e. The molecule has 2 aliphatic carbocycles. The molecule has 2 unspecified atom stereocenters. The van der Waals surface area contributed by atoms with Crippen LogP contribution in [-0.4, -0.2) is 18.3 Å². The molecule has 2 atom stereocenters. The van der Waals surface area contributed by atoms with E-state index in [0.717, 1.165) is 13.0 Å². The van der Waals surface area contributed by atoms with Crippen molar-refractivity contribution in [3.05, 3.63) is 0 Å². The highest BCUT2D eigenvalue weighted by molar-refractivity contribution is 6.18. The number of rotatable bonds is 4. The molecule has 0 aromatic heterocycles. The van der Waals surface area contributed by atoms with Crippen LogP contribution in [0.2, 0.25) is 0 Å². The highest BCUT2D eigenvalue weighted by Gasteiger charge is 2.35. The number of amides is 1. The van der Waals surface area contributed by atoms with E-state index < -0.39 is 0 Å². The average molecular weight is 258 g/mol. The molecular weight excluding hydrogens is 234 g/mol. The Morgan fingerprint density at radius 2 is 2.00 bits per heavy atom. The predicted octanol–water partition coefficient (Wildman–Crippen LogP) is 3.34. The van der Waals surface area contributed by atoms with Crippen molar-refractivity contribution in [3.63, 3.8) is 0 Å². The van der Waals surface area contributed by atoms with E-state index in [9.17, 15) is 4.79 Å². The lowest BCUT2D eigenvalue weighted by molar-refractivity contribution is -0.126.